The van der Waals surface area contributed by atoms with Crippen molar-refractivity contribution >= 4 is 57.5 Å². The zero-order valence-electron chi connectivity index (χ0n) is 32.3. The second-order valence-electron chi connectivity index (χ2n) is 16.4. The number of piperidine rings is 2. The zero-order chi connectivity index (χ0) is 38.8. The molecule has 2 aromatic heterocycles. The smallest absolute Gasteiger partial charge is 0.253 e. The van der Waals surface area contributed by atoms with Crippen LogP contribution in [0.25, 0.3) is 22.3 Å². The third-order valence-corrected chi connectivity index (χ3v) is 12.5. The highest BCUT2D eigenvalue weighted by molar-refractivity contribution is 6.34. The van der Waals surface area contributed by atoms with E-state index in [0.29, 0.717) is 54.5 Å². The van der Waals surface area contributed by atoms with Crippen molar-refractivity contribution in [2.24, 2.45) is 0 Å². The van der Waals surface area contributed by atoms with E-state index in [1.165, 1.54) is 25.3 Å². The number of likely N-dealkylation sites (tertiary alicyclic amines) is 2. The molecule has 2 N–H and O–H groups in total. The number of amides is 3. The number of imidazole rings is 1. The molecule has 4 aromatic rings. The van der Waals surface area contributed by atoms with Crippen LogP contribution in [-0.2, 0) is 15.0 Å². The monoisotopic (exact) mass is 768 g/mol. The van der Waals surface area contributed by atoms with E-state index in [4.69, 9.17) is 21.6 Å². The molecule has 0 atom stereocenters. The van der Waals surface area contributed by atoms with Crippen LogP contribution in [-0.4, -0.2) is 86.4 Å². The minimum atomic E-state index is -0.679. The number of fused-ring (bicyclic) bond motifs is 3. The predicted octanol–water partition coefficient (Wildman–Crippen LogP) is 7.60. The first kappa shape index (κ1) is 37.4. The normalized spacial score (nSPS) is 21.1. The third kappa shape index (κ3) is 6.64. The molecule has 0 bridgehead atoms. The Kier molecular flexibility index (Phi) is 9.86. The summed E-state index contributed by atoms with van der Waals surface area (Å²) in [6, 6.07) is 11.1. The molecule has 2 saturated heterocycles. The van der Waals surface area contributed by atoms with Gasteiger partial charge in [-0.1, -0.05) is 30.2 Å². The van der Waals surface area contributed by atoms with Gasteiger partial charge in [-0.05, 0) is 109 Å². The van der Waals surface area contributed by atoms with Crippen LogP contribution < -0.4 is 15.5 Å². The molecular formula is C42H50ClFN8O3. The standard InChI is InChI=1S/C42H50ClFN8O3/c1-24(2)46-40(54)30-20-35(33(44)21-32(30)43)48-39-38-36(45-23-51(38)25(3)4)22-34(47-39)27-9-10-31-37(17-27)52(29-18-28(19-29)50-13-7-6-8-14-50)41(55)42(31)11-15-49(16-12-42)26(5)53/h9-10,17,20-25,28-29H,6-8,11-16,18-19H2,1-5H3,(H,46,54)(H,47,48)/t28-,29+. The number of nitrogens with one attached hydrogen (secondary N) is 2. The van der Waals surface area contributed by atoms with Gasteiger partial charge in [0.2, 0.25) is 11.8 Å². The molecule has 3 fully saturated rings. The summed E-state index contributed by atoms with van der Waals surface area (Å²) in [7, 11) is 0. The average molecular weight is 769 g/mol. The lowest BCUT2D eigenvalue weighted by atomic mass is 9.73. The number of benzene rings is 2. The number of carbonyl (C=O) groups is 3. The van der Waals surface area contributed by atoms with Crippen LogP contribution in [0.15, 0.2) is 42.7 Å². The summed E-state index contributed by atoms with van der Waals surface area (Å²) >= 11 is 6.35. The fourth-order valence-corrected chi connectivity index (χ4v) is 9.36. The van der Waals surface area contributed by atoms with Crippen LogP contribution in [0.1, 0.15) is 102 Å². The number of anilines is 3. The van der Waals surface area contributed by atoms with Gasteiger partial charge in [-0.25, -0.2) is 14.4 Å². The van der Waals surface area contributed by atoms with Crippen LogP contribution in [0.4, 0.5) is 21.6 Å². The lowest BCUT2D eigenvalue weighted by Gasteiger charge is -2.48. The Labute approximate surface area is 326 Å². The quantitative estimate of drug-likeness (QED) is 0.190. The maximum atomic E-state index is 15.6. The van der Waals surface area contributed by atoms with Gasteiger partial charge >= 0.3 is 0 Å². The maximum absolute atomic E-state index is 15.6. The predicted molar refractivity (Wildman–Crippen MR) is 214 cm³/mol. The highest BCUT2D eigenvalue weighted by atomic mass is 35.5. The fourth-order valence-electron chi connectivity index (χ4n) is 9.12. The Hall–Kier alpha value is -4.55. The Morgan fingerprint density at radius 3 is 2.36 bits per heavy atom. The van der Waals surface area contributed by atoms with Gasteiger partial charge in [0.05, 0.1) is 39.2 Å². The number of carbonyl (C=O) groups excluding carboxylic acids is 3. The first-order valence-electron chi connectivity index (χ1n) is 19.8. The van der Waals surface area contributed by atoms with Gasteiger partial charge in [0, 0.05) is 55.4 Å². The lowest BCUT2D eigenvalue weighted by molar-refractivity contribution is -0.134. The number of pyridine rings is 1. The minimum Gasteiger partial charge on any atom is -0.350 e. The molecule has 11 nitrogen and oxygen atoms in total. The van der Waals surface area contributed by atoms with Crippen LogP contribution in [0.5, 0.6) is 0 Å². The molecule has 13 heteroatoms. The Bertz CT molecular complexity index is 2170. The van der Waals surface area contributed by atoms with Gasteiger partial charge in [-0.2, -0.15) is 0 Å². The van der Waals surface area contributed by atoms with Gasteiger partial charge in [-0.15, -0.1) is 0 Å². The molecule has 8 rings (SSSR count). The highest BCUT2D eigenvalue weighted by Gasteiger charge is 2.55. The van der Waals surface area contributed by atoms with Crippen LogP contribution >= 0.6 is 11.6 Å². The van der Waals surface area contributed by atoms with Gasteiger partial charge in [0.15, 0.2) is 5.82 Å². The highest BCUT2D eigenvalue weighted by Crippen LogP contribution is 2.52. The fraction of sp³-hybridized carbons (Fsp3) is 0.500. The average Bonchev–Trinajstić information content (AvgIpc) is 3.67. The molecule has 5 heterocycles. The second kappa shape index (κ2) is 14.5. The van der Waals surface area contributed by atoms with E-state index in [0.717, 1.165) is 48.8 Å². The third-order valence-electron chi connectivity index (χ3n) is 12.2. The molecule has 2 aromatic carbocycles. The van der Waals surface area contributed by atoms with E-state index in [1.54, 1.807) is 13.3 Å². The Balaban J connectivity index is 1.19. The summed E-state index contributed by atoms with van der Waals surface area (Å²) in [4.78, 5) is 56.4. The summed E-state index contributed by atoms with van der Waals surface area (Å²) in [6.07, 6.45) is 8.56. The van der Waals surface area contributed by atoms with E-state index in [-0.39, 0.29) is 46.2 Å². The van der Waals surface area contributed by atoms with E-state index in [1.807, 2.05) is 49.3 Å². The van der Waals surface area contributed by atoms with Crippen LogP contribution in [0.2, 0.25) is 5.02 Å². The summed E-state index contributed by atoms with van der Waals surface area (Å²) in [5, 5.41) is 6.04. The first-order chi connectivity index (χ1) is 26.3. The summed E-state index contributed by atoms with van der Waals surface area (Å²) in [6.45, 7) is 12.7. The van der Waals surface area contributed by atoms with Crippen molar-refractivity contribution in [2.45, 2.75) is 109 Å². The Morgan fingerprint density at radius 1 is 0.964 bits per heavy atom. The van der Waals surface area contributed by atoms with Crippen molar-refractivity contribution in [3.8, 4) is 11.3 Å². The Morgan fingerprint density at radius 2 is 1.69 bits per heavy atom. The molecule has 3 aliphatic heterocycles. The summed E-state index contributed by atoms with van der Waals surface area (Å²) in [5.74, 6) is -0.478. The van der Waals surface area contributed by atoms with E-state index in [9.17, 15) is 14.4 Å². The summed E-state index contributed by atoms with van der Waals surface area (Å²) in [5.41, 5.74) is 4.22. The molecule has 55 heavy (non-hydrogen) atoms. The summed E-state index contributed by atoms with van der Waals surface area (Å²) < 4.78 is 17.6. The largest absolute Gasteiger partial charge is 0.350 e. The molecule has 1 saturated carbocycles. The molecule has 3 amide bonds. The van der Waals surface area contributed by atoms with Crippen molar-refractivity contribution in [1.82, 2.24) is 29.7 Å². The van der Waals surface area contributed by atoms with Crippen LogP contribution in [0, 0.1) is 5.82 Å². The molecular weight excluding hydrogens is 719 g/mol. The van der Waals surface area contributed by atoms with E-state index < -0.39 is 17.1 Å². The maximum Gasteiger partial charge on any atom is 0.253 e. The molecule has 0 unspecified atom stereocenters. The molecule has 1 aliphatic carbocycles. The van der Waals surface area contributed by atoms with Gasteiger partial charge < -0.3 is 29.9 Å². The number of hydrogen-bond acceptors (Lipinski definition) is 7. The van der Waals surface area contributed by atoms with Gasteiger partial charge in [-0.3, -0.25) is 14.4 Å². The van der Waals surface area contributed by atoms with Crippen molar-refractivity contribution < 1.29 is 18.8 Å². The SMILES string of the molecule is CC(=O)N1CCC2(CC1)C(=O)N([C@H]1C[C@@H](N3CCCCC3)C1)c1cc(-c3cc4ncn(C(C)C)c4c(Nc4cc(C(=O)NC(C)C)c(Cl)cc4F)n3)ccc12. The number of rotatable bonds is 8. The number of halogens is 2. The number of aromatic nitrogens is 3. The van der Waals surface area contributed by atoms with Gasteiger partial charge in [0.25, 0.3) is 5.91 Å². The lowest BCUT2D eigenvalue weighted by Crippen LogP contribution is -2.58. The van der Waals surface area contributed by atoms with E-state index >= 15 is 4.39 Å². The second-order valence-corrected chi connectivity index (χ2v) is 16.8. The zero-order valence-corrected chi connectivity index (χ0v) is 33.0. The van der Waals surface area contributed by atoms with Crippen molar-refractivity contribution in [2.75, 3.05) is 36.4 Å². The topological polar surface area (TPSA) is 116 Å². The van der Waals surface area contributed by atoms with Crippen molar-refractivity contribution in [3.63, 3.8) is 0 Å². The molecule has 0 radical (unpaired) electrons. The van der Waals surface area contributed by atoms with Crippen LogP contribution in [0.3, 0.4) is 0 Å². The number of nitrogens with zero attached hydrogens (tertiary/aromatic N) is 6. The van der Waals surface area contributed by atoms with Crippen molar-refractivity contribution in [3.05, 3.63) is 64.7 Å². The molecule has 1 spiro atoms. The van der Waals surface area contributed by atoms with E-state index in [2.05, 4.69) is 32.6 Å². The van der Waals surface area contributed by atoms with Crippen molar-refractivity contribution in [1.29, 1.82) is 0 Å². The molecule has 290 valence electrons. The van der Waals surface area contributed by atoms with Gasteiger partial charge in [0.1, 0.15) is 11.3 Å². The minimum absolute atomic E-state index is 0.0102. The first-order valence-corrected chi connectivity index (χ1v) is 20.1. The number of hydrogen-bond donors (Lipinski definition) is 2. The molecule has 4 aliphatic rings.